The largest absolute Gasteiger partial charge is 0.300 e. The lowest BCUT2D eigenvalue weighted by atomic mass is 9.84. The Bertz CT molecular complexity index is 614. The number of rotatable bonds is 2. The number of aromatic nitrogens is 3. The second kappa shape index (κ2) is 4.93. The van der Waals surface area contributed by atoms with E-state index in [1.807, 2.05) is 16.9 Å². The first-order chi connectivity index (χ1) is 9.13. The zero-order valence-electron chi connectivity index (χ0n) is 10.8. The van der Waals surface area contributed by atoms with Gasteiger partial charge in [0, 0.05) is 17.5 Å². The van der Waals surface area contributed by atoms with Crippen LogP contribution in [-0.2, 0) is 4.79 Å². The lowest BCUT2D eigenvalue weighted by Crippen LogP contribution is -2.22. The number of pyridine rings is 1. The minimum Gasteiger partial charge on any atom is -0.300 e. The Morgan fingerprint density at radius 3 is 2.74 bits per heavy atom. The first-order valence-electron chi connectivity index (χ1n) is 6.65. The van der Waals surface area contributed by atoms with Gasteiger partial charge in [0.25, 0.3) is 0 Å². The molecule has 100 valence electrons. The number of ketones is 1. The summed E-state index contributed by atoms with van der Waals surface area (Å²) in [5, 5.41) is 5.99. The molecule has 2 heterocycles. The van der Waals surface area contributed by atoms with Gasteiger partial charge in [-0.25, -0.2) is 4.98 Å². The number of fused-ring (bicyclic) bond motifs is 1. The summed E-state index contributed by atoms with van der Waals surface area (Å²) in [6.45, 7) is 1.69. The van der Waals surface area contributed by atoms with Crippen LogP contribution in [0.1, 0.15) is 38.6 Å². The first-order valence-corrected chi connectivity index (χ1v) is 7.03. The molecule has 0 spiro atoms. The van der Waals surface area contributed by atoms with E-state index in [0.29, 0.717) is 22.6 Å². The third-order valence-electron chi connectivity index (χ3n) is 4.00. The molecule has 4 nitrogen and oxygen atoms in total. The number of carbonyl (C=O) groups is 1. The molecule has 1 fully saturated rings. The van der Waals surface area contributed by atoms with Crippen LogP contribution in [0.4, 0.5) is 0 Å². The maximum absolute atomic E-state index is 11.4. The van der Waals surface area contributed by atoms with Crippen molar-refractivity contribution < 1.29 is 4.79 Å². The van der Waals surface area contributed by atoms with E-state index < -0.39 is 0 Å². The van der Waals surface area contributed by atoms with E-state index in [0.717, 1.165) is 31.1 Å². The highest BCUT2D eigenvalue weighted by Crippen LogP contribution is 2.32. The molecule has 0 radical (unpaired) electrons. The molecule has 1 aliphatic carbocycles. The van der Waals surface area contributed by atoms with Gasteiger partial charge in [-0.1, -0.05) is 11.6 Å². The summed E-state index contributed by atoms with van der Waals surface area (Å²) in [5.74, 6) is 0.561. The monoisotopic (exact) mass is 277 g/mol. The van der Waals surface area contributed by atoms with Crippen LogP contribution in [0.15, 0.2) is 18.3 Å². The Hall–Kier alpha value is -1.42. The first kappa shape index (κ1) is 12.6. The third kappa shape index (κ3) is 2.50. The summed E-state index contributed by atoms with van der Waals surface area (Å²) in [5.41, 5.74) is 0.696. The van der Waals surface area contributed by atoms with E-state index in [2.05, 4.69) is 10.1 Å². The number of hydrogen-bond acceptors (Lipinski definition) is 3. The van der Waals surface area contributed by atoms with Crippen molar-refractivity contribution in [2.24, 2.45) is 5.92 Å². The zero-order chi connectivity index (χ0) is 13.4. The fourth-order valence-corrected chi connectivity index (χ4v) is 2.97. The summed E-state index contributed by atoms with van der Waals surface area (Å²) in [4.78, 5) is 15.6. The molecular weight excluding hydrogens is 262 g/mol. The second-order valence-corrected chi connectivity index (χ2v) is 5.66. The van der Waals surface area contributed by atoms with Crippen molar-refractivity contribution in [2.45, 2.75) is 38.6 Å². The molecule has 0 amide bonds. The van der Waals surface area contributed by atoms with Crippen molar-refractivity contribution in [3.63, 3.8) is 0 Å². The lowest BCUT2D eigenvalue weighted by molar-refractivity contribution is -0.121. The predicted octanol–water partition coefficient (Wildman–Crippen LogP) is 3.41. The van der Waals surface area contributed by atoms with Gasteiger partial charge in [0.05, 0.1) is 6.04 Å². The summed E-state index contributed by atoms with van der Waals surface area (Å²) >= 11 is 5.87. The van der Waals surface area contributed by atoms with E-state index in [9.17, 15) is 4.79 Å². The molecule has 0 bridgehead atoms. The molecule has 0 atom stereocenters. The normalized spacial score (nSPS) is 23.7. The van der Waals surface area contributed by atoms with Crippen LogP contribution in [0.2, 0.25) is 5.15 Å². The highest BCUT2D eigenvalue weighted by molar-refractivity contribution is 6.29. The van der Waals surface area contributed by atoms with Crippen LogP contribution in [0.3, 0.4) is 0 Å². The molecule has 19 heavy (non-hydrogen) atoms. The Kier molecular flexibility index (Phi) is 3.27. The van der Waals surface area contributed by atoms with Gasteiger partial charge in [-0.15, -0.1) is 0 Å². The highest BCUT2D eigenvalue weighted by atomic mass is 35.5. The standard InChI is InChI=1S/C14H16ClN3O/c1-9(19)10-2-5-12(6-3-10)18-8-11-4-7-13(15)16-14(11)17-18/h4,7-8,10,12H,2-3,5-6H2,1H3/t10-,12-. The quantitative estimate of drug-likeness (QED) is 0.791. The topological polar surface area (TPSA) is 47.8 Å². The summed E-state index contributed by atoms with van der Waals surface area (Å²) in [7, 11) is 0. The summed E-state index contributed by atoms with van der Waals surface area (Å²) < 4.78 is 1.99. The lowest BCUT2D eigenvalue weighted by Gasteiger charge is -2.27. The molecule has 0 aliphatic heterocycles. The molecule has 0 N–H and O–H groups in total. The van der Waals surface area contributed by atoms with E-state index in [1.165, 1.54) is 0 Å². The van der Waals surface area contributed by atoms with Crippen LogP contribution in [-0.4, -0.2) is 20.5 Å². The maximum Gasteiger partial charge on any atom is 0.182 e. The Morgan fingerprint density at radius 1 is 1.32 bits per heavy atom. The SMILES string of the molecule is CC(=O)[C@H]1CC[C@H](n2cc3ccc(Cl)nc3n2)CC1. The summed E-state index contributed by atoms with van der Waals surface area (Å²) in [6, 6.07) is 4.10. The van der Waals surface area contributed by atoms with Crippen molar-refractivity contribution in [2.75, 3.05) is 0 Å². The highest BCUT2D eigenvalue weighted by Gasteiger charge is 2.25. The molecule has 1 aliphatic rings. The van der Waals surface area contributed by atoms with Crippen molar-refractivity contribution >= 4 is 28.4 Å². The van der Waals surface area contributed by atoms with E-state index in [-0.39, 0.29) is 5.92 Å². The molecule has 2 aromatic heterocycles. The van der Waals surface area contributed by atoms with E-state index in [4.69, 9.17) is 11.6 Å². The van der Waals surface area contributed by atoms with Crippen LogP contribution >= 0.6 is 11.6 Å². The van der Waals surface area contributed by atoms with E-state index in [1.54, 1.807) is 13.0 Å². The van der Waals surface area contributed by atoms with Gasteiger partial charge >= 0.3 is 0 Å². The number of carbonyl (C=O) groups excluding carboxylic acids is 1. The Balaban J connectivity index is 1.80. The Morgan fingerprint density at radius 2 is 2.05 bits per heavy atom. The molecular formula is C14H16ClN3O. The van der Waals surface area contributed by atoms with Crippen molar-refractivity contribution in [3.05, 3.63) is 23.5 Å². The molecule has 1 saturated carbocycles. The fourth-order valence-electron chi connectivity index (χ4n) is 2.83. The van der Waals surface area contributed by atoms with Gasteiger partial charge < -0.3 is 0 Å². The van der Waals surface area contributed by atoms with Crippen LogP contribution in [0.25, 0.3) is 11.0 Å². The molecule has 3 rings (SSSR count). The number of nitrogens with zero attached hydrogens (tertiary/aromatic N) is 3. The number of halogens is 1. The molecule has 5 heteroatoms. The average Bonchev–Trinajstić information content (AvgIpc) is 2.81. The Labute approximate surface area is 116 Å². The van der Waals surface area contributed by atoms with Crippen LogP contribution < -0.4 is 0 Å². The average molecular weight is 278 g/mol. The van der Waals surface area contributed by atoms with Gasteiger partial charge in [-0.3, -0.25) is 9.48 Å². The van der Waals surface area contributed by atoms with Gasteiger partial charge in [-0.05, 0) is 44.7 Å². The van der Waals surface area contributed by atoms with Gasteiger partial charge in [-0.2, -0.15) is 5.10 Å². The minimum atomic E-state index is 0.244. The number of Topliss-reactive ketones (excluding diaryl/α,β-unsaturated/α-hetero) is 1. The van der Waals surface area contributed by atoms with Crippen LogP contribution in [0.5, 0.6) is 0 Å². The summed E-state index contributed by atoms with van der Waals surface area (Å²) in [6.07, 6.45) is 5.96. The predicted molar refractivity (Wildman–Crippen MR) is 74.2 cm³/mol. The fraction of sp³-hybridized carbons (Fsp3) is 0.500. The van der Waals surface area contributed by atoms with Gasteiger partial charge in [0.2, 0.25) is 0 Å². The third-order valence-corrected chi connectivity index (χ3v) is 4.21. The smallest absolute Gasteiger partial charge is 0.182 e. The van der Waals surface area contributed by atoms with Crippen molar-refractivity contribution in [3.8, 4) is 0 Å². The van der Waals surface area contributed by atoms with E-state index >= 15 is 0 Å². The van der Waals surface area contributed by atoms with Crippen molar-refractivity contribution in [1.29, 1.82) is 0 Å². The maximum atomic E-state index is 11.4. The van der Waals surface area contributed by atoms with Gasteiger partial charge in [0.15, 0.2) is 5.65 Å². The number of hydrogen-bond donors (Lipinski definition) is 0. The molecule has 0 saturated heterocycles. The molecule has 2 aromatic rings. The zero-order valence-corrected chi connectivity index (χ0v) is 11.6. The minimum absolute atomic E-state index is 0.244. The van der Waals surface area contributed by atoms with Crippen LogP contribution in [0, 0.1) is 5.92 Å². The molecule has 0 unspecified atom stereocenters. The second-order valence-electron chi connectivity index (χ2n) is 5.27. The van der Waals surface area contributed by atoms with Crippen molar-refractivity contribution in [1.82, 2.24) is 14.8 Å². The molecule has 0 aromatic carbocycles. The van der Waals surface area contributed by atoms with Gasteiger partial charge in [0.1, 0.15) is 10.9 Å².